The summed E-state index contributed by atoms with van der Waals surface area (Å²) in [6.45, 7) is 14.2. The van der Waals surface area contributed by atoms with E-state index in [-0.39, 0.29) is 16.2 Å². The summed E-state index contributed by atoms with van der Waals surface area (Å²) < 4.78 is 6.74. The van der Waals surface area contributed by atoms with E-state index in [9.17, 15) is 0 Å². The zero-order chi connectivity index (χ0) is 33.7. The number of benzene rings is 6. The molecule has 0 saturated heterocycles. The van der Waals surface area contributed by atoms with Crippen molar-refractivity contribution < 1.29 is 4.42 Å². The number of anilines is 3. The first-order chi connectivity index (χ1) is 23.5. The third-order valence-corrected chi connectivity index (χ3v) is 11.7. The number of hydrogen-bond donors (Lipinski definition) is 0. The van der Waals surface area contributed by atoms with E-state index in [1.807, 2.05) is 0 Å². The van der Waals surface area contributed by atoms with Crippen molar-refractivity contribution in [1.82, 2.24) is 0 Å². The maximum Gasteiger partial charge on any atom is 0.137 e. The van der Waals surface area contributed by atoms with Gasteiger partial charge in [0.2, 0.25) is 0 Å². The molecule has 2 aliphatic carbocycles. The Morgan fingerprint density at radius 2 is 1.02 bits per heavy atom. The smallest absolute Gasteiger partial charge is 0.137 e. The molecule has 0 saturated carbocycles. The quantitative estimate of drug-likeness (QED) is 0.191. The minimum atomic E-state index is -0.0892. The maximum atomic E-state index is 6.74. The Morgan fingerprint density at radius 3 is 1.78 bits per heavy atom. The van der Waals surface area contributed by atoms with E-state index in [0.29, 0.717) is 0 Å². The summed E-state index contributed by atoms with van der Waals surface area (Å²) >= 11 is 0. The largest absolute Gasteiger partial charge is 0.456 e. The van der Waals surface area contributed by atoms with E-state index in [1.165, 1.54) is 68.1 Å². The molecule has 6 aromatic carbocycles. The predicted octanol–water partition coefficient (Wildman–Crippen LogP) is 13.4. The van der Waals surface area contributed by atoms with Crippen LogP contribution in [0, 0.1) is 0 Å². The minimum absolute atomic E-state index is 0.0892. The van der Waals surface area contributed by atoms with Crippen LogP contribution in [0.15, 0.2) is 132 Å². The summed E-state index contributed by atoms with van der Waals surface area (Å²) in [6, 6.07) is 47.0. The Kier molecular flexibility index (Phi) is 6.41. The van der Waals surface area contributed by atoms with Gasteiger partial charge < -0.3 is 9.32 Å². The molecule has 0 fully saturated rings. The molecule has 2 aliphatic rings. The van der Waals surface area contributed by atoms with Gasteiger partial charge in [0, 0.05) is 39.3 Å². The van der Waals surface area contributed by atoms with E-state index in [1.54, 1.807) is 0 Å². The van der Waals surface area contributed by atoms with Gasteiger partial charge in [-0.2, -0.15) is 0 Å². The van der Waals surface area contributed by atoms with E-state index < -0.39 is 0 Å². The molecular formula is C47H43NO. The first-order valence-electron chi connectivity index (χ1n) is 17.7. The summed E-state index contributed by atoms with van der Waals surface area (Å²) in [5.74, 6) is 0. The van der Waals surface area contributed by atoms with Gasteiger partial charge in [-0.25, -0.2) is 0 Å². The van der Waals surface area contributed by atoms with Crippen molar-refractivity contribution in [3.63, 3.8) is 0 Å². The van der Waals surface area contributed by atoms with Crippen LogP contribution in [0.5, 0.6) is 0 Å². The molecule has 0 unspecified atom stereocenters. The molecule has 0 radical (unpaired) electrons. The number of nitrogens with zero attached hydrogens (tertiary/aromatic N) is 1. The summed E-state index contributed by atoms with van der Waals surface area (Å²) in [7, 11) is 0. The standard InChI is InChI=1S/C47H43NO/c1-45(2)24-25-46(3,4)42-29-44-38(28-41(42)45)37-23-21-34(27-43(37)49-44)48(32-18-16-31(17-19-32)30-12-8-7-9-13-30)33-20-22-36-35-14-10-11-15-39(35)47(5,6)40(36)26-33/h7-23,26-29H,24-25H2,1-6H3. The van der Waals surface area contributed by atoms with Crippen LogP contribution in [0.3, 0.4) is 0 Å². The highest BCUT2D eigenvalue weighted by atomic mass is 16.3. The molecule has 0 N–H and O–H groups in total. The van der Waals surface area contributed by atoms with Crippen molar-refractivity contribution in [3.05, 3.63) is 150 Å². The van der Waals surface area contributed by atoms with Crippen molar-refractivity contribution in [2.24, 2.45) is 0 Å². The molecule has 0 spiro atoms. The normalized spacial score (nSPS) is 16.7. The van der Waals surface area contributed by atoms with E-state index in [2.05, 4.69) is 174 Å². The average molecular weight is 638 g/mol. The van der Waals surface area contributed by atoms with Gasteiger partial charge in [-0.3, -0.25) is 0 Å². The molecule has 0 amide bonds. The third-order valence-electron chi connectivity index (χ3n) is 11.7. The molecular weight excluding hydrogens is 595 g/mol. The Labute approximate surface area is 290 Å². The molecule has 0 bridgehead atoms. The van der Waals surface area contributed by atoms with Gasteiger partial charge in [-0.1, -0.05) is 114 Å². The Bertz CT molecular complexity index is 2410. The lowest BCUT2D eigenvalue weighted by Gasteiger charge is -2.41. The van der Waals surface area contributed by atoms with Gasteiger partial charge >= 0.3 is 0 Å². The minimum Gasteiger partial charge on any atom is -0.456 e. The van der Waals surface area contributed by atoms with Gasteiger partial charge in [-0.05, 0) is 117 Å². The molecule has 49 heavy (non-hydrogen) atoms. The number of rotatable bonds is 4. The lowest BCUT2D eigenvalue weighted by molar-refractivity contribution is 0.332. The van der Waals surface area contributed by atoms with Crippen LogP contribution in [0.4, 0.5) is 17.1 Å². The fourth-order valence-corrected chi connectivity index (χ4v) is 8.68. The van der Waals surface area contributed by atoms with Crippen LogP contribution in [-0.4, -0.2) is 0 Å². The topological polar surface area (TPSA) is 16.4 Å². The van der Waals surface area contributed by atoms with Gasteiger partial charge in [0.1, 0.15) is 11.2 Å². The fourth-order valence-electron chi connectivity index (χ4n) is 8.68. The highest BCUT2D eigenvalue weighted by molar-refractivity contribution is 6.07. The highest BCUT2D eigenvalue weighted by Gasteiger charge is 2.38. The van der Waals surface area contributed by atoms with Crippen LogP contribution >= 0.6 is 0 Å². The highest BCUT2D eigenvalue weighted by Crippen LogP contribution is 2.52. The Hall–Kier alpha value is -5.08. The summed E-state index contributed by atoms with van der Waals surface area (Å²) in [6.07, 6.45) is 2.38. The zero-order valence-electron chi connectivity index (χ0n) is 29.4. The molecule has 242 valence electrons. The van der Waals surface area contributed by atoms with Gasteiger partial charge in [0.25, 0.3) is 0 Å². The third kappa shape index (κ3) is 4.61. The van der Waals surface area contributed by atoms with E-state index in [4.69, 9.17) is 4.42 Å². The van der Waals surface area contributed by atoms with E-state index >= 15 is 0 Å². The number of furan rings is 1. The predicted molar refractivity (Wildman–Crippen MR) is 207 cm³/mol. The lowest BCUT2D eigenvalue weighted by Crippen LogP contribution is -2.33. The summed E-state index contributed by atoms with van der Waals surface area (Å²) in [4.78, 5) is 2.39. The van der Waals surface area contributed by atoms with Crippen molar-refractivity contribution in [3.8, 4) is 22.3 Å². The first kappa shape index (κ1) is 30.0. The lowest BCUT2D eigenvalue weighted by atomic mass is 9.63. The second-order valence-electron chi connectivity index (χ2n) is 16.1. The second-order valence-corrected chi connectivity index (χ2v) is 16.1. The number of hydrogen-bond acceptors (Lipinski definition) is 2. The maximum absolute atomic E-state index is 6.74. The van der Waals surface area contributed by atoms with Crippen LogP contribution < -0.4 is 4.90 Å². The Balaban J connectivity index is 1.21. The van der Waals surface area contributed by atoms with Crippen LogP contribution in [0.25, 0.3) is 44.2 Å². The molecule has 0 aliphatic heterocycles. The number of fused-ring (bicyclic) bond motifs is 7. The van der Waals surface area contributed by atoms with Crippen molar-refractivity contribution in [1.29, 1.82) is 0 Å². The molecule has 0 atom stereocenters. The van der Waals surface area contributed by atoms with Crippen molar-refractivity contribution >= 4 is 39.0 Å². The van der Waals surface area contributed by atoms with Gasteiger partial charge in [-0.15, -0.1) is 0 Å². The van der Waals surface area contributed by atoms with Crippen molar-refractivity contribution in [2.45, 2.75) is 70.6 Å². The zero-order valence-corrected chi connectivity index (χ0v) is 29.4. The van der Waals surface area contributed by atoms with E-state index in [0.717, 1.165) is 28.2 Å². The molecule has 1 aromatic heterocycles. The molecule has 9 rings (SSSR count). The Morgan fingerprint density at radius 1 is 0.449 bits per heavy atom. The first-order valence-corrected chi connectivity index (χ1v) is 17.7. The SMILES string of the molecule is CC1(C)CCC(C)(C)c2cc3c(cc21)oc1cc(N(c2ccc(-c4ccccc4)cc2)c2ccc4c(c2)C(C)(C)c2ccccc2-4)ccc13. The molecule has 7 aromatic rings. The monoisotopic (exact) mass is 637 g/mol. The average Bonchev–Trinajstić information content (AvgIpc) is 3.58. The van der Waals surface area contributed by atoms with Crippen molar-refractivity contribution in [2.75, 3.05) is 4.90 Å². The molecule has 2 heteroatoms. The fraction of sp³-hybridized carbons (Fsp3) is 0.234. The van der Waals surface area contributed by atoms with Crippen LogP contribution in [0.2, 0.25) is 0 Å². The summed E-state index contributed by atoms with van der Waals surface area (Å²) in [5.41, 5.74) is 16.1. The van der Waals surface area contributed by atoms with Crippen LogP contribution in [0.1, 0.15) is 76.6 Å². The van der Waals surface area contributed by atoms with Gasteiger partial charge in [0.05, 0.1) is 0 Å². The molecule has 2 nitrogen and oxygen atoms in total. The van der Waals surface area contributed by atoms with Crippen LogP contribution in [-0.2, 0) is 16.2 Å². The van der Waals surface area contributed by atoms with Gasteiger partial charge in [0.15, 0.2) is 0 Å². The molecule has 1 heterocycles. The second kappa shape index (κ2) is 10.5. The summed E-state index contributed by atoms with van der Waals surface area (Å²) in [5, 5.41) is 2.38.